The van der Waals surface area contributed by atoms with Gasteiger partial charge in [-0.2, -0.15) is 13.2 Å². The summed E-state index contributed by atoms with van der Waals surface area (Å²) in [6.07, 6.45) is 2.44. The Hall–Kier alpha value is -0.330. The minimum Gasteiger partial charge on any atom is -0.396 e. The standard InChI is InChI=1S/C15H27F3N2O/c16-15(17,18)11-20-7-4-13(9-20)8-19-10-14(12-21)5-2-1-3-6-14/h13,19,21H,1-12H2. The van der Waals surface area contributed by atoms with Crippen molar-refractivity contribution in [2.75, 3.05) is 39.3 Å². The molecule has 2 N–H and O–H groups in total. The van der Waals surface area contributed by atoms with E-state index in [2.05, 4.69) is 5.32 Å². The fourth-order valence-electron chi connectivity index (χ4n) is 3.71. The molecule has 1 heterocycles. The van der Waals surface area contributed by atoms with E-state index in [4.69, 9.17) is 0 Å². The highest BCUT2D eigenvalue weighted by Gasteiger charge is 2.35. The SMILES string of the molecule is OCC1(CNCC2CCN(CC(F)(F)F)C2)CCCCC1. The van der Waals surface area contributed by atoms with Gasteiger partial charge >= 0.3 is 6.18 Å². The largest absolute Gasteiger partial charge is 0.401 e. The Balaban J connectivity index is 1.67. The van der Waals surface area contributed by atoms with Crippen molar-refractivity contribution in [3.8, 4) is 0 Å². The van der Waals surface area contributed by atoms with Crippen molar-refractivity contribution in [3.63, 3.8) is 0 Å². The molecule has 0 aromatic rings. The Kier molecular flexibility index (Phi) is 5.91. The number of alkyl halides is 3. The van der Waals surface area contributed by atoms with Gasteiger partial charge in [-0.25, -0.2) is 0 Å². The van der Waals surface area contributed by atoms with Crippen molar-refractivity contribution in [1.29, 1.82) is 0 Å². The summed E-state index contributed by atoms with van der Waals surface area (Å²) in [5.74, 6) is 0.298. The van der Waals surface area contributed by atoms with E-state index in [1.54, 1.807) is 0 Å². The van der Waals surface area contributed by atoms with Crippen LogP contribution in [0.25, 0.3) is 0 Å². The summed E-state index contributed by atoms with van der Waals surface area (Å²) in [5.41, 5.74) is 0.00249. The highest BCUT2D eigenvalue weighted by Crippen LogP contribution is 2.35. The zero-order chi connectivity index (χ0) is 15.3. The number of likely N-dealkylation sites (tertiary alicyclic amines) is 1. The third-order valence-electron chi connectivity index (χ3n) is 4.96. The van der Waals surface area contributed by atoms with Crippen molar-refractivity contribution in [1.82, 2.24) is 10.2 Å². The lowest BCUT2D eigenvalue weighted by Gasteiger charge is -2.36. The zero-order valence-electron chi connectivity index (χ0n) is 12.6. The van der Waals surface area contributed by atoms with Crippen LogP contribution in [0.4, 0.5) is 13.2 Å². The Morgan fingerprint density at radius 2 is 1.90 bits per heavy atom. The molecular weight excluding hydrogens is 281 g/mol. The van der Waals surface area contributed by atoms with Crippen LogP contribution in [0.2, 0.25) is 0 Å². The van der Waals surface area contributed by atoms with Gasteiger partial charge in [0.15, 0.2) is 0 Å². The summed E-state index contributed by atoms with van der Waals surface area (Å²) in [7, 11) is 0. The summed E-state index contributed by atoms with van der Waals surface area (Å²) < 4.78 is 37.0. The molecule has 124 valence electrons. The molecular formula is C15H27F3N2O. The molecule has 2 rings (SSSR count). The molecule has 2 aliphatic rings. The minimum atomic E-state index is -4.09. The Morgan fingerprint density at radius 1 is 1.19 bits per heavy atom. The quantitative estimate of drug-likeness (QED) is 0.791. The molecule has 3 nitrogen and oxygen atoms in total. The fourth-order valence-corrected chi connectivity index (χ4v) is 3.71. The van der Waals surface area contributed by atoms with E-state index >= 15 is 0 Å². The molecule has 0 bridgehead atoms. The molecule has 0 amide bonds. The molecule has 6 heteroatoms. The summed E-state index contributed by atoms with van der Waals surface area (Å²) in [4.78, 5) is 1.49. The van der Waals surface area contributed by atoms with E-state index in [1.165, 1.54) is 24.2 Å². The number of halogens is 3. The van der Waals surface area contributed by atoms with Crippen LogP contribution in [-0.2, 0) is 0 Å². The Bertz CT molecular complexity index is 317. The highest BCUT2D eigenvalue weighted by atomic mass is 19.4. The van der Waals surface area contributed by atoms with Crippen molar-refractivity contribution in [2.24, 2.45) is 11.3 Å². The predicted octanol–water partition coefficient (Wildman–Crippen LogP) is 2.40. The molecule has 2 fully saturated rings. The fraction of sp³-hybridized carbons (Fsp3) is 1.00. The Labute approximate surface area is 124 Å². The van der Waals surface area contributed by atoms with Crippen LogP contribution in [0, 0.1) is 11.3 Å². The summed E-state index contributed by atoms with van der Waals surface area (Å²) >= 11 is 0. The number of hydrogen-bond acceptors (Lipinski definition) is 3. The third kappa shape index (κ3) is 5.42. The topological polar surface area (TPSA) is 35.5 Å². The number of aliphatic hydroxyl groups is 1. The molecule has 0 aromatic heterocycles. The normalized spacial score (nSPS) is 27.1. The summed E-state index contributed by atoms with van der Waals surface area (Å²) in [5, 5.41) is 13.0. The second-order valence-electron chi connectivity index (χ2n) is 6.85. The molecule has 1 aliphatic carbocycles. The molecule has 1 saturated carbocycles. The van der Waals surface area contributed by atoms with E-state index < -0.39 is 12.7 Å². The van der Waals surface area contributed by atoms with Gasteiger partial charge in [0, 0.05) is 25.1 Å². The molecule has 0 spiro atoms. The zero-order valence-corrected chi connectivity index (χ0v) is 12.6. The first-order valence-electron chi connectivity index (χ1n) is 8.03. The van der Waals surface area contributed by atoms with Gasteiger partial charge in [0.25, 0.3) is 0 Å². The lowest BCUT2D eigenvalue weighted by atomic mass is 9.74. The van der Waals surface area contributed by atoms with Crippen molar-refractivity contribution >= 4 is 0 Å². The van der Waals surface area contributed by atoms with E-state index in [0.29, 0.717) is 19.0 Å². The third-order valence-corrected chi connectivity index (χ3v) is 4.96. The van der Waals surface area contributed by atoms with Crippen molar-refractivity contribution in [2.45, 2.75) is 44.7 Å². The maximum absolute atomic E-state index is 12.3. The average Bonchev–Trinajstić information content (AvgIpc) is 2.85. The van der Waals surface area contributed by atoms with Gasteiger partial charge in [-0.1, -0.05) is 19.3 Å². The van der Waals surface area contributed by atoms with Gasteiger partial charge in [0.1, 0.15) is 0 Å². The molecule has 21 heavy (non-hydrogen) atoms. The van der Waals surface area contributed by atoms with Gasteiger partial charge in [-0.05, 0) is 38.3 Å². The maximum atomic E-state index is 12.3. The van der Waals surface area contributed by atoms with E-state index in [1.807, 2.05) is 0 Å². The van der Waals surface area contributed by atoms with Crippen LogP contribution in [0.1, 0.15) is 38.5 Å². The second kappa shape index (κ2) is 7.29. The van der Waals surface area contributed by atoms with Crippen LogP contribution < -0.4 is 5.32 Å². The smallest absolute Gasteiger partial charge is 0.396 e. The average molecular weight is 308 g/mol. The van der Waals surface area contributed by atoms with Crippen molar-refractivity contribution < 1.29 is 18.3 Å². The summed E-state index contributed by atoms with van der Waals surface area (Å²) in [6, 6.07) is 0. The van der Waals surface area contributed by atoms with Crippen LogP contribution in [0.15, 0.2) is 0 Å². The Morgan fingerprint density at radius 3 is 2.52 bits per heavy atom. The number of aliphatic hydroxyl groups excluding tert-OH is 1. The predicted molar refractivity (Wildman–Crippen MR) is 76.1 cm³/mol. The van der Waals surface area contributed by atoms with Crippen LogP contribution in [-0.4, -0.2) is 55.5 Å². The van der Waals surface area contributed by atoms with Crippen LogP contribution in [0.3, 0.4) is 0 Å². The van der Waals surface area contributed by atoms with Gasteiger partial charge in [-0.3, -0.25) is 4.90 Å². The monoisotopic (exact) mass is 308 g/mol. The molecule has 1 atom stereocenters. The number of rotatable bonds is 6. The number of nitrogens with zero attached hydrogens (tertiary/aromatic N) is 1. The van der Waals surface area contributed by atoms with E-state index in [0.717, 1.165) is 32.4 Å². The maximum Gasteiger partial charge on any atom is 0.401 e. The van der Waals surface area contributed by atoms with Crippen LogP contribution in [0.5, 0.6) is 0 Å². The highest BCUT2D eigenvalue weighted by molar-refractivity contribution is 4.86. The second-order valence-corrected chi connectivity index (χ2v) is 6.85. The molecule has 1 aliphatic heterocycles. The molecule has 0 radical (unpaired) electrons. The number of hydrogen-bond donors (Lipinski definition) is 2. The van der Waals surface area contributed by atoms with Gasteiger partial charge in [-0.15, -0.1) is 0 Å². The molecule has 1 saturated heterocycles. The first kappa shape index (κ1) is 17.0. The van der Waals surface area contributed by atoms with Crippen LogP contribution >= 0.6 is 0 Å². The lowest BCUT2D eigenvalue weighted by Crippen LogP contribution is -2.41. The molecule has 1 unspecified atom stereocenters. The first-order chi connectivity index (χ1) is 9.92. The van der Waals surface area contributed by atoms with Gasteiger partial charge < -0.3 is 10.4 Å². The van der Waals surface area contributed by atoms with E-state index in [-0.39, 0.29) is 12.0 Å². The van der Waals surface area contributed by atoms with Gasteiger partial charge in [0.05, 0.1) is 6.54 Å². The van der Waals surface area contributed by atoms with E-state index in [9.17, 15) is 18.3 Å². The minimum absolute atomic E-state index is 0.00249. The first-order valence-corrected chi connectivity index (χ1v) is 8.03. The van der Waals surface area contributed by atoms with Crippen molar-refractivity contribution in [3.05, 3.63) is 0 Å². The number of nitrogens with one attached hydrogen (secondary N) is 1. The molecule has 0 aromatic carbocycles. The lowest BCUT2D eigenvalue weighted by molar-refractivity contribution is -0.143. The summed E-state index contributed by atoms with van der Waals surface area (Å²) in [6.45, 7) is 2.04. The van der Waals surface area contributed by atoms with Gasteiger partial charge in [0.2, 0.25) is 0 Å².